The van der Waals surface area contributed by atoms with E-state index in [9.17, 15) is 9.59 Å². The first-order chi connectivity index (χ1) is 11.5. The van der Waals surface area contributed by atoms with E-state index in [2.05, 4.69) is 21.4 Å². The normalized spacial score (nSPS) is 16.6. The van der Waals surface area contributed by atoms with Crippen molar-refractivity contribution in [2.45, 2.75) is 18.9 Å². The second-order valence-corrected chi connectivity index (χ2v) is 6.24. The molecule has 0 saturated carbocycles. The van der Waals surface area contributed by atoms with Gasteiger partial charge in [0.2, 0.25) is 5.91 Å². The fourth-order valence-electron chi connectivity index (χ4n) is 2.50. The highest BCUT2D eigenvalue weighted by atomic mass is 79.9. The van der Waals surface area contributed by atoms with Crippen molar-refractivity contribution in [1.82, 2.24) is 10.4 Å². The van der Waals surface area contributed by atoms with E-state index in [1.165, 1.54) is 5.01 Å². The zero-order valence-corrected chi connectivity index (χ0v) is 14.2. The van der Waals surface area contributed by atoms with E-state index < -0.39 is 5.97 Å². The fraction of sp³-hybridized carbons (Fsp3) is 0.176. The first-order valence-corrected chi connectivity index (χ1v) is 8.15. The number of nitrogens with one attached hydrogen (secondary N) is 1. The molecule has 7 heteroatoms. The smallest absolute Gasteiger partial charge is 0.303 e. The minimum atomic E-state index is -0.998. The summed E-state index contributed by atoms with van der Waals surface area (Å²) in [7, 11) is 0. The maximum absolute atomic E-state index is 12.4. The zero-order chi connectivity index (χ0) is 17.1. The van der Waals surface area contributed by atoms with Crippen molar-refractivity contribution < 1.29 is 19.1 Å². The Morgan fingerprint density at radius 3 is 2.58 bits per heavy atom. The van der Waals surface area contributed by atoms with Gasteiger partial charge in [-0.25, -0.2) is 5.01 Å². The molecule has 0 saturated heterocycles. The summed E-state index contributed by atoms with van der Waals surface area (Å²) in [5, 5.41) is 10.2. The molecule has 0 spiro atoms. The number of halogens is 1. The van der Waals surface area contributed by atoms with Crippen LogP contribution in [0.4, 0.5) is 0 Å². The van der Waals surface area contributed by atoms with Gasteiger partial charge in [0, 0.05) is 10.9 Å². The lowest BCUT2D eigenvalue weighted by Gasteiger charge is -2.25. The Morgan fingerprint density at radius 1 is 1.21 bits per heavy atom. The SMILES string of the molecule is O=C(O)CCC(=O)N1NC(c2ccco2)=C[C@@H]1c1ccc(Br)cc1. The molecule has 1 amide bonds. The molecule has 6 nitrogen and oxygen atoms in total. The number of rotatable bonds is 5. The number of aliphatic carboxylic acids is 1. The van der Waals surface area contributed by atoms with Gasteiger partial charge in [0.15, 0.2) is 5.76 Å². The van der Waals surface area contributed by atoms with E-state index in [4.69, 9.17) is 9.52 Å². The molecule has 1 aromatic heterocycles. The van der Waals surface area contributed by atoms with Gasteiger partial charge in [-0.05, 0) is 35.9 Å². The summed E-state index contributed by atoms with van der Waals surface area (Å²) in [6.07, 6.45) is 3.16. The third-order valence-corrected chi connectivity index (χ3v) is 4.19. The molecule has 24 heavy (non-hydrogen) atoms. The molecule has 0 aliphatic carbocycles. The molecule has 2 heterocycles. The van der Waals surface area contributed by atoms with Crippen LogP contribution in [-0.4, -0.2) is 22.0 Å². The Kier molecular flexibility index (Phi) is 4.71. The monoisotopic (exact) mass is 390 g/mol. The number of carbonyl (C=O) groups is 2. The van der Waals surface area contributed by atoms with Gasteiger partial charge in [-0.2, -0.15) is 0 Å². The van der Waals surface area contributed by atoms with Crippen LogP contribution in [0, 0.1) is 0 Å². The van der Waals surface area contributed by atoms with Crippen LogP contribution in [0.3, 0.4) is 0 Å². The minimum absolute atomic E-state index is 0.0748. The summed E-state index contributed by atoms with van der Waals surface area (Å²) >= 11 is 3.39. The van der Waals surface area contributed by atoms with Gasteiger partial charge in [-0.3, -0.25) is 15.0 Å². The average Bonchev–Trinajstić information content (AvgIpc) is 3.22. The first-order valence-electron chi connectivity index (χ1n) is 7.36. The van der Waals surface area contributed by atoms with E-state index in [-0.39, 0.29) is 24.8 Å². The molecule has 1 aliphatic rings. The molecule has 0 unspecified atom stereocenters. The van der Waals surface area contributed by atoms with Crippen molar-refractivity contribution in [2.24, 2.45) is 0 Å². The molecule has 1 atom stereocenters. The van der Waals surface area contributed by atoms with E-state index in [1.54, 1.807) is 18.4 Å². The molecule has 1 aromatic carbocycles. The van der Waals surface area contributed by atoms with Gasteiger partial charge in [0.05, 0.1) is 24.4 Å². The largest absolute Gasteiger partial charge is 0.481 e. The van der Waals surface area contributed by atoms with E-state index in [0.717, 1.165) is 10.0 Å². The van der Waals surface area contributed by atoms with Crippen molar-refractivity contribution in [2.75, 3.05) is 0 Å². The maximum atomic E-state index is 12.4. The summed E-state index contributed by atoms with van der Waals surface area (Å²) < 4.78 is 6.32. The highest BCUT2D eigenvalue weighted by Crippen LogP contribution is 2.32. The molecule has 0 fully saturated rings. The molecule has 1 aliphatic heterocycles. The summed E-state index contributed by atoms with van der Waals surface area (Å²) in [4.78, 5) is 23.2. The summed E-state index contributed by atoms with van der Waals surface area (Å²) in [6, 6.07) is 10.8. The Hall–Kier alpha value is -2.54. The zero-order valence-electron chi connectivity index (χ0n) is 12.6. The van der Waals surface area contributed by atoms with Crippen LogP contribution in [0.1, 0.15) is 30.2 Å². The summed E-state index contributed by atoms with van der Waals surface area (Å²) in [5.41, 5.74) is 4.62. The van der Waals surface area contributed by atoms with Gasteiger partial charge in [-0.1, -0.05) is 28.1 Å². The van der Waals surface area contributed by atoms with E-state index in [1.807, 2.05) is 30.3 Å². The molecule has 0 bridgehead atoms. The summed E-state index contributed by atoms with van der Waals surface area (Å²) in [6.45, 7) is 0. The lowest BCUT2D eigenvalue weighted by molar-refractivity contribution is -0.142. The molecule has 124 valence electrons. The van der Waals surface area contributed by atoms with Gasteiger partial charge < -0.3 is 9.52 Å². The number of amides is 1. The summed E-state index contributed by atoms with van der Waals surface area (Å²) in [5.74, 6) is -0.671. The van der Waals surface area contributed by atoms with Crippen LogP contribution >= 0.6 is 15.9 Å². The van der Waals surface area contributed by atoms with Crippen molar-refractivity contribution in [3.05, 3.63) is 64.5 Å². The predicted octanol–water partition coefficient (Wildman–Crippen LogP) is 3.34. The number of furan rings is 1. The molecule has 0 radical (unpaired) electrons. The number of nitrogens with zero attached hydrogens (tertiary/aromatic N) is 1. The van der Waals surface area contributed by atoms with Crippen LogP contribution in [0.2, 0.25) is 0 Å². The molecule has 2 aromatic rings. The standard InChI is InChI=1S/C17H15BrN2O4/c18-12-5-3-11(4-6-12)14-10-13(15-2-1-9-24-15)19-20(14)16(21)7-8-17(22)23/h1-6,9-10,14,19H,7-8H2,(H,22,23)/t14-/m1/s1. The van der Waals surface area contributed by atoms with Crippen LogP contribution in [-0.2, 0) is 9.59 Å². The fourth-order valence-corrected chi connectivity index (χ4v) is 2.76. The van der Waals surface area contributed by atoms with Crippen molar-refractivity contribution in [3.63, 3.8) is 0 Å². The number of carboxylic acid groups (broad SMARTS) is 1. The number of carbonyl (C=O) groups excluding carboxylic acids is 1. The van der Waals surface area contributed by atoms with Gasteiger partial charge in [0.1, 0.15) is 0 Å². The van der Waals surface area contributed by atoms with Crippen LogP contribution < -0.4 is 5.43 Å². The maximum Gasteiger partial charge on any atom is 0.303 e. The van der Waals surface area contributed by atoms with E-state index >= 15 is 0 Å². The van der Waals surface area contributed by atoms with E-state index in [0.29, 0.717) is 11.5 Å². The Balaban J connectivity index is 1.87. The van der Waals surface area contributed by atoms with Gasteiger partial charge in [-0.15, -0.1) is 0 Å². The highest BCUT2D eigenvalue weighted by Gasteiger charge is 2.31. The third-order valence-electron chi connectivity index (χ3n) is 3.66. The Morgan fingerprint density at radius 2 is 1.96 bits per heavy atom. The second-order valence-electron chi connectivity index (χ2n) is 5.32. The van der Waals surface area contributed by atoms with Crippen LogP contribution in [0.25, 0.3) is 5.70 Å². The van der Waals surface area contributed by atoms with Gasteiger partial charge in [0.25, 0.3) is 0 Å². The lowest BCUT2D eigenvalue weighted by Crippen LogP contribution is -2.39. The second kappa shape index (κ2) is 6.92. The number of benzene rings is 1. The van der Waals surface area contributed by atoms with Crippen LogP contribution in [0.15, 0.2) is 57.6 Å². The third kappa shape index (κ3) is 3.51. The number of hydrogen-bond acceptors (Lipinski definition) is 4. The highest BCUT2D eigenvalue weighted by molar-refractivity contribution is 9.10. The molecule has 2 N–H and O–H groups in total. The van der Waals surface area contributed by atoms with Gasteiger partial charge >= 0.3 is 5.97 Å². The average molecular weight is 391 g/mol. The Labute approximate surface area is 146 Å². The number of carboxylic acids is 1. The quantitative estimate of drug-likeness (QED) is 0.817. The Bertz CT molecular complexity index is 768. The molecular weight excluding hydrogens is 376 g/mol. The van der Waals surface area contributed by atoms with Crippen molar-refractivity contribution >= 4 is 33.5 Å². The topological polar surface area (TPSA) is 82.8 Å². The number of hydrogen-bond donors (Lipinski definition) is 2. The predicted molar refractivity (Wildman–Crippen MR) is 90.4 cm³/mol. The van der Waals surface area contributed by atoms with Crippen molar-refractivity contribution in [1.29, 1.82) is 0 Å². The lowest BCUT2D eigenvalue weighted by atomic mass is 10.1. The minimum Gasteiger partial charge on any atom is -0.481 e. The van der Waals surface area contributed by atoms with Crippen molar-refractivity contribution in [3.8, 4) is 0 Å². The molecule has 3 rings (SSSR count). The van der Waals surface area contributed by atoms with Crippen LogP contribution in [0.5, 0.6) is 0 Å². The molecular formula is C17H15BrN2O4. The number of hydrazine groups is 1. The first kappa shape index (κ1) is 16.3.